The standard InChI is InChI=1S/C18H28ClN5O2.C12H17N5O2.C5H11ClN.C2H6.I2/c1-5-14-12(2)10-15(26-14)24-11-23(9-8-22(4)7-6-19)16-17(24)20-13(3)21-18(16)25;1-3-7-6(2)4-8(19-7)17-5-14-9-10(17)15-12(13)16-11(9)18;1-7(3-2-6)4-5-7;2*1-2/h11-12,14-15H,5-10H2,1-4H3;5-8H,3-4H2,1-2H3,(H3,13,15,16,18);2-5H2,1H3;1-2H3;/q;;+1;;/p+1/t12-,14-,15-;6-,7-,8-;;;/m11.../s1. The number of aromatic amines is 2. The van der Waals surface area contributed by atoms with Gasteiger partial charge >= 0.3 is 5.65 Å². The Labute approximate surface area is 364 Å². The predicted molar refractivity (Wildman–Crippen MR) is 243 cm³/mol. The Morgan fingerprint density at radius 1 is 1.00 bits per heavy atom. The van der Waals surface area contributed by atoms with Gasteiger partial charge in [-0.3, -0.25) is 28.7 Å². The van der Waals surface area contributed by atoms with E-state index in [0.717, 1.165) is 51.2 Å². The van der Waals surface area contributed by atoms with E-state index in [-0.39, 0.29) is 41.7 Å². The molecule has 3 saturated heterocycles. The molecule has 0 spiro atoms. The molecular formula is C37H63Cl2I2N11O4+2. The normalized spacial score (nSPS) is 23.4. The van der Waals surface area contributed by atoms with Crippen molar-refractivity contribution in [2.75, 3.05) is 64.3 Å². The van der Waals surface area contributed by atoms with Crippen LogP contribution in [0.15, 0.2) is 22.2 Å². The zero-order chi connectivity index (χ0) is 41.7. The largest absolute Gasteiger partial charge is 0.369 e. The fourth-order valence-electron chi connectivity index (χ4n) is 7.01. The Kier molecular flexibility index (Phi) is 20.2. The number of H-pyrrole nitrogens is 2. The Hall–Kier alpha value is -1.62. The van der Waals surface area contributed by atoms with Gasteiger partial charge in [0.15, 0.2) is 29.5 Å². The van der Waals surface area contributed by atoms with E-state index in [9.17, 15) is 9.59 Å². The summed E-state index contributed by atoms with van der Waals surface area (Å²) in [6.07, 6.45) is 7.66. The van der Waals surface area contributed by atoms with Gasteiger partial charge in [-0.15, -0.1) is 23.2 Å². The number of nitrogen functional groups attached to an aromatic ring is 1. The van der Waals surface area contributed by atoms with Gasteiger partial charge in [-0.1, -0.05) is 46.5 Å². The van der Waals surface area contributed by atoms with E-state index in [4.69, 9.17) is 38.4 Å². The third-order valence-electron chi connectivity index (χ3n) is 10.5. The monoisotopic (exact) mass is 1050 g/mol. The van der Waals surface area contributed by atoms with Crippen LogP contribution in [-0.2, 0) is 16.0 Å². The van der Waals surface area contributed by atoms with E-state index >= 15 is 0 Å². The quantitative estimate of drug-likeness (QED) is 0.0511. The molecule has 7 heterocycles. The van der Waals surface area contributed by atoms with Crippen molar-refractivity contribution in [3.05, 3.63) is 39.2 Å². The highest BCUT2D eigenvalue weighted by atomic mass is 128. The first-order chi connectivity index (χ1) is 26.8. The SMILES string of the molecule is CC.CC[C@H]1O[C@@H]([n+]2cn(CCN(C)CCCl)c3c(=O)[nH]c(C)nc32)C[C@H]1C.CC[C@H]1O[C@@H](n2cnc3c(=O)[nH]c(N)nc32)C[C@H]1C.C[N+]1(CCCl)CC1.II. The van der Waals surface area contributed by atoms with Crippen LogP contribution in [0.4, 0.5) is 5.95 Å². The summed E-state index contributed by atoms with van der Waals surface area (Å²) < 4.78 is 19.3. The van der Waals surface area contributed by atoms with E-state index in [1.807, 2.05) is 43.3 Å². The first-order valence-corrected chi connectivity index (χ1v) is 27.0. The van der Waals surface area contributed by atoms with E-state index in [1.54, 1.807) is 10.9 Å². The molecule has 316 valence electrons. The Balaban J connectivity index is 0.000000244. The Morgan fingerprint density at radius 3 is 2.20 bits per heavy atom. The molecule has 3 aliphatic rings. The average molecular weight is 1050 g/mol. The minimum absolute atomic E-state index is 0.0760. The number of rotatable bonds is 11. The molecule has 4 aromatic heterocycles. The third-order valence-corrected chi connectivity index (χ3v) is 10.9. The number of imidazole rings is 2. The highest BCUT2D eigenvalue weighted by molar-refractivity contribution is 15.0. The van der Waals surface area contributed by atoms with E-state index in [1.165, 1.54) is 17.6 Å². The number of ether oxygens (including phenoxy) is 2. The number of halogens is 4. The Bertz CT molecular complexity index is 1920. The van der Waals surface area contributed by atoms with Crippen LogP contribution in [0.1, 0.15) is 85.5 Å². The lowest BCUT2D eigenvalue weighted by Crippen LogP contribution is -2.39. The van der Waals surface area contributed by atoms with Crippen molar-refractivity contribution in [2.24, 2.45) is 11.8 Å². The number of quaternary nitrogens is 1. The van der Waals surface area contributed by atoms with Gasteiger partial charge in [-0.2, -0.15) is 4.98 Å². The lowest BCUT2D eigenvalue weighted by molar-refractivity contribution is -0.774. The van der Waals surface area contributed by atoms with Crippen LogP contribution in [0.5, 0.6) is 0 Å². The number of fused-ring (bicyclic) bond motifs is 2. The third kappa shape index (κ3) is 12.7. The second-order valence-electron chi connectivity index (χ2n) is 14.8. The molecule has 3 aliphatic heterocycles. The van der Waals surface area contributed by atoms with Gasteiger partial charge < -0.3 is 24.6 Å². The number of nitrogens with zero attached hydrogens (tertiary/aromatic N) is 8. The zero-order valence-corrected chi connectivity index (χ0v) is 40.2. The number of alkyl halides is 2. The molecule has 0 unspecified atom stereocenters. The molecule has 0 radical (unpaired) electrons. The maximum Gasteiger partial charge on any atom is 0.311 e. The van der Waals surface area contributed by atoms with Gasteiger partial charge in [0.05, 0.1) is 44.6 Å². The van der Waals surface area contributed by atoms with Gasteiger partial charge in [0, 0.05) is 69.5 Å². The number of hydrogen-bond donors (Lipinski definition) is 3. The summed E-state index contributed by atoms with van der Waals surface area (Å²) in [5, 5.41) is 0. The molecule has 15 nitrogen and oxygen atoms in total. The average Bonchev–Trinajstić information content (AvgIpc) is 3.55. The number of aryl methyl sites for hydroxylation is 1. The first kappa shape index (κ1) is 48.7. The second-order valence-corrected chi connectivity index (χ2v) is 15.5. The summed E-state index contributed by atoms with van der Waals surface area (Å²) in [5.41, 5.74) is 7.23. The van der Waals surface area contributed by atoms with Crippen molar-refractivity contribution < 1.29 is 18.5 Å². The second kappa shape index (κ2) is 23.2. The Morgan fingerprint density at radius 2 is 1.64 bits per heavy atom. The highest BCUT2D eigenvalue weighted by Crippen LogP contribution is 2.36. The molecule has 3 fully saturated rings. The molecule has 0 aromatic carbocycles. The number of aromatic nitrogens is 8. The highest BCUT2D eigenvalue weighted by Gasteiger charge is 2.37. The maximum absolute atomic E-state index is 12.6. The summed E-state index contributed by atoms with van der Waals surface area (Å²) in [7, 11) is 4.27. The van der Waals surface area contributed by atoms with Gasteiger partial charge in [0.2, 0.25) is 11.5 Å². The zero-order valence-electron chi connectivity index (χ0n) is 34.4. The van der Waals surface area contributed by atoms with Crippen molar-refractivity contribution in [3.8, 4) is 0 Å². The molecule has 19 heteroatoms. The van der Waals surface area contributed by atoms with Crippen molar-refractivity contribution in [1.29, 1.82) is 0 Å². The lowest BCUT2D eigenvalue weighted by atomic mass is 10.0. The molecular weight excluding hydrogens is 987 g/mol. The van der Waals surface area contributed by atoms with Crippen LogP contribution in [0, 0.1) is 18.8 Å². The van der Waals surface area contributed by atoms with Crippen molar-refractivity contribution in [1.82, 2.24) is 39.0 Å². The van der Waals surface area contributed by atoms with E-state index in [2.05, 4.69) is 102 Å². The minimum Gasteiger partial charge on any atom is -0.369 e. The van der Waals surface area contributed by atoms with Crippen LogP contribution >= 0.6 is 60.4 Å². The molecule has 0 saturated carbocycles. The van der Waals surface area contributed by atoms with Gasteiger partial charge in [-0.25, -0.2) is 9.55 Å². The number of likely N-dealkylation sites (N-methyl/N-ethyl adjacent to an activating group) is 2. The lowest BCUT2D eigenvalue weighted by Gasteiger charge is -2.14. The first-order valence-electron chi connectivity index (χ1n) is 19.6. The number of anilines is 1. The van der Waals surface area contributed by atoms with Crippen molar-refractivity contribution in [3.63, 3.8) is 0 Å². The maximum atomic E-state index is 12.6. The summed E-state index contributed by atoms with van der Waals surface area (Å²) in [6, 6.07) is 0. The molecule has 0 aliphatic carbocycles. The minimum atomic E-state index is -0.320. The molecule has 7 rings (SSSR count). The fraction of sp³-hybridized carbons (Fsp3) is 0.730. The van der Waals surface area contributed by atoms with Crippen molar-refractivity contribution in [2.45, 2.75) is 105 Å². The summed E-state index contributed by atoms with van der Waals surface area (Å²) in [4.78, 5) is 44.6. The molecule has 4 aromatic rings. The van der Waals surface area contributed by atoms with Crippen LogP contribution in [0.25, 0.3) is 22.3 Å². The van der Waals surface area contributed by atoms with Crippen LogP contribution in [0.3, 0.4) is 0 Å². The summed E-state index contributed by atoms with van der Waals surface area (Å²) in [5.74, 6) is 3.09. The molecule has 6 atom stereocenters. The summed E-state index contributed by atoms with van der Waals surface area (Å²) >= 11 is 15.6. The van der Waals surface area contributed by atoms with Crippen LogP contribution in [0.2, 0.25) is 0 Å². The van der Waals surface area contributed by atoms with Crippen LogP contribution < -0.4 is 21.4 Å². The molecule has 56 heavy (non-hydrogen) atoms. The molecule has 0 amide bonds. The van der Waals surface area contributed by atoms with Gasteiger partial charge in [0.1, 0.15) is 19.3 Å². The van der Waals surface area contributed by atoms with E-state index < -0.39 is 0 Å². The van der Waals surface area contributed by atoms with Gasteiger partial charge in [0.25, 0.3) is 11.1 Å². The smallest absolute Gasteiger partial charge is 0.311 e. The van der Waals surface area contributed by atoms with Crippen molar-refractivity contribution >= 4 is 88.7 Å². The van der Waals surface area contributed by atoms with Gasteiger partial charge in [-0.05, 0) is 38.1 Å². The number of nitrogens with two attached hydrogens (primary N) is 1. The molecule has 4 N–H and O–H groups in total. The number of hydrogen-bond acceptors (Lipinski definition) is 9. The number of nitrogens with one attached hydrogen (secondary N) is 2. The topological polar surface area (TPSA) is 166 Å². The fourth-order valence-corrected chi connectivity index (χ4v) is 7.71. The molecule has 0 bridgehead atoms. The summed E-state index contributed by atoms with van der Waals surface area (Å²) in [6.45, 7) is 20.6. The van der Waals surface area contributed by atoms with Crippen LogP contribution in [-0.4, -0.2) is 114 Å². The van der Waals surface area contributed by atoms with E-state index in [0.29, 0.717) is 52.4 Å². The predicted octanol–water partition coefficient (Wildman–Crippen LogP) is 6.34.